The van der Waals surface area contributed by atoms with Gasteiger partial charge in [0, 0.05) is 0 Å². The first-order valence-electron chi connectivity index (χ1n) is 4.74. The predicted molar refractivity (Wildman–Crippen MR) is 48.8 cm³/mol. The molecule has 0 bridgehead atoms. The zero-order chi connectivity index (χ0) is 8.55. The number of azo groups is 1. The van der Waals surface area contributed by atoms with E-state index in [1.807, 2.05) is 13.8 Å². The lowest BCUT2D eigenvalue weighted by Crippen LogP contribution is -1.92. The largest absolute Gasteiger partial charge is 0.184 e. The Morgan fingerprint density at radius 1 is 1.25 bits per heavy atom. The summed E-state index contributed by atoms with van der Waals surface area (Å²) in [7, 11) is 0. The van der Waals surface area contributed by atoms with Crippen molar-refractivity contribution in [2.24, 2.45) is 22.1 Å². The molecule has 0 N–H and O–H groups in total. The van der Waals surface area contributed by atoms with Gasteiger partial charge < -0.3 is 0 Å². The van der Waals surface area contributed by atoms with Gasteiger partial charge in [0.05, 0.1) is 12.2 Å². The molecular weight excluding hydrogens is 148 g/mol. The molecule has 0 aromatic heterocycles. The first-order chi connectivity index (χ1) is 5.93. The standard InChI is InChI=1S/C8H8N2.C2H6/c1-5-2-7-4-9-10-8(7)3-6(1)5;1-2/h2-3,5-6H,1,4H2;1-2H3. The van der Waals surface area contributed by atoms with Crippen LogP contribution in [0.4, 0.5) is 0 Å². The van der Waals surface area contributed by atoms with Crippen LogP contribution in [0.15, 0.2) is 33.7 Å². The fourth-order valence-corrected chi connectivity index (χ4v) is 1.69. The second-order valence-electron chi connectivity index (χ2n) is 3.21. The Morgan fingerprint density at radius 2 is 2.00 bits per heavy atom. The Morgan fingerprint density at radius 3 is 2.83 bits per heavy atom. The van der Waals surface area contributed by atoms with Gasteiger partial charge >= 0.3 is 0 Å². The first-order valence-corrected chi connectivity index (χ1v) is 4.74. The third-order valence-corrected chi connectivity index (χ3v) is 2.43. The molecule has 1 fully saturated rings. The Bertz CT molecular complexity index is 274. The summed E-state index contributed by atoms with van der Waals surface area (Å²) in [4.78, 5) is 0. The molecule has 2 aliphatic carbocycles. The number of rotatable bonds is 0. The molecule has 12 heavy (non-hydrogen) atoms. The molecule has 3 aliphatic rings. The molecule has 1 saturated carbocycles. The average Bonchev–Trinajstić information content (AvgIpc) is 2.72. The van der Waals surface area contributed by atoms with Gasteiger partial charge in [0.1, 0.15) is 0 Å². The normalized spacial score (nSPS) is 33.8. The summed E-state index contributed by atoms with van der Waals surface area (Å²) in [6.07, 6.45) is 5.97. The van der Waals surface area contributed by atoms with Gasteiger partial charge in [-0.3, -0.25) is 0 Å². The van der Waals surface area contributed by atoms with Crippen LogP contribution in [0.1, 0.15) is 20.3 Å². The number of hydrogen-bond donors (Lipinski definition) is 0. The molecular formula is C10H14N2. The highest BCUT2D eigenvalue weighted by molar-refractivity contribution is 5.41. The number of allylic oxidation sites excluding steroid dienone is 2. The zero-order valence-electron chi connectivity index (χ0n) is 7.62. The predicted octanol–water partition coefficient (Wildman–Crippen LogP) is 2.94. The van der Waals surface area contributed by atoms with E-state index in [-0.39, 0.29) is 0 Å². The third-order valence-electron chi connectivity index (χ3n) is 2.43. The van der Waals surface area contributed by atoms with Gasteiger partial charge in [-0.05, 0) is 23.8 Å². The zero-order valence-corrected chi connectivity index (χ0v) is 7.62. The van der Waals surface area contributed by atoms with Crippen molar-refractivity contribution >= 4 is 0 Å². The molecule has 0 saturated heterocycles. The maximum atomic E-state index is 4.05. The van der Waals surface area contributed by atoms with Crippen molar-refractivity contribution in [3.63, 3.8) is 0 Å². The van der Waals surface area contributed by atoms with Crippen molar-refractivity contribution in [3.05, 3.63) is 23.4 Å². The summed E-state index contributed by atoms with van der Waals surface area (Å²) in [5.41, 5.74) is 2.51. The van der Waals surface area contributed by atoms with Crippen molar-refractivity contribution in [1.29, 1.82) is 0 Å². The number of fused-ring (bicyclic) bond motifs is 2. The van der Waals surface area contributed by atoms with Crippen molar-refractivity contribution in [1.82, 2.24) is 0 Å². The molecule has 2 atom stereocenters. The highest BCUT2D eigenvalue weighted by atomic mass is 15.1. The van der Waals surface area contributed by atoms with Crippen LogP contribution in [0.2, 0.25) is 0 Å². The summed E-state index contributed by atoms with van der Waals surface area (Å²) in [5, 5.41) is 8.02. The Balaban J connectivity index is 0.000000264. The van der Waals surface area contributed by atoms with Crippen LogP contribution < -0.4 is 0 Å². The monoisotopic (exact) mass is 162 g/mol. The van der Waals surface area contributed by atoms with Gasteiger partial charge in [-0.2, -0.15) is 10.2 Å². The van der Waals surface area contributed by atoms with Crippen molar-refractivity contribution < 1.29 is 0 Å². The van der Waals surface area contributed by atoms with Crippen LogP contribution >= 0.6 is 0 Å². The van der Waals surface area contributed by atoms with Crippen molar-refractivity contribution in [2.45, 2.75) is 20.3 Å². The van der Waals surface area contributed by atoms with E-state index < -0.39 is 0 Å². The van der Waals surface area contributed by atoms with Crippen LogP contribution in [-0.2, 0) is 0 Å². The van der Waals surface area contributed by atoms with Gasteiger partial charge in [0.15, 0.2) is 0 Å². The molecule has 0 aromatic carbocycles. The van der Waals surface area contributed by atoms with Crippen LogP contribution in [0.25, 0.3) is 0 Å². The highest BCUT2D eigenvalue weighted by Gasteiger charge is 2.38. The maximum Gasteiger partial charge on any atom is 0.0872 e. The second kappa shape index (κ2) is 2.85. The van der Waals surface area contributed by atoms with E-state index >= 15 is 0 Å². The lowest BCUT2D eigenvalue weighted by molar-refractivity contribution is 0.945. The average molecular weight is 162 g/mol. The fraction of sp³-hybridized carbons (Fsp3) is 0.600. The van der Waals surface area contributed by atoms with Gasteiger partial charge in [0.25, 0.3) is 0 Å². The molecule has 0 radical (unpaired) electrons. The van der Waals surface area contributed by atoms with E-state index in [0.717, 1.165) is 24.1 Å². The fourth-order valence-electron chi connectivity index (χ4n) is 1.69. The van der Waals surface area contributed by atoms with E-state index in [1.54, 1.807) is 0 Å². The lowest BCUT2D eigenvalue weighted by Gasteiger charge is -2.01. The Labute approximate surface area is 73.1 Å². The van der Waals surface area contributed by atoms with E-state index in [4.69, 9.17) is 0 Å². The molecule has 2 heteroatoms. The molecule has 64 valence electrons. The number of hydrogen-bond acceptors (Lipinski definition) is 2. The minimum absolute atomic E-state index is 0.816. The molecule has 0 amide bonds. The second-order valence-corrected chi connectivity index (χ2v) is 3.21. The van der Waals surface area contributed by atoms with E-state index in [0.29, 0.717) is 0 Å². The summed E-state index contributed by atoms with van der Waals surface area (Å²) in [5.74, 6) is 1.66. The smallest absolute Gasteiger partial charge is 0.0872 e. The molecule has 1 aliphatic heterocycles. The summed E-state index contributed by atoms with van der Waals surface area (Å²) in [6.45, 7) is 4.83. The topological polar surface area (TPSA) is 24.7 Å². The maximum absolute atomic E-state index is 4.05. The van der Waals surface area contributed by atoms with Crippen molar-refractivity contribution in [2.75, 3.05) is 6.54 Å². The third kappa shape index (κ3) is 1.11. The van der Waals surface area contributed by atoms with Crippen LogP contribution in [-0.4, -0.2) is 6.54 Å². The molecule has 0 spiro atoms. The summed E-state index contributed by atoms with van der Waals surface area (Å²) >= 11 is 0. The molecule has 2 unspecified atom stereocenters. The quantitative estimate of drug-likeness (QED) is 0.523. The summed E-state index contributed by atoms with van der Waals surface area (Å²) < 4.78 is 0. The Kier molecular flexibility index (Phi) is 1.83. The Hall–Kier alpha value is -0.920. The van der Waals surface area contributed by atoms with Crippen LogP contribution in [0.3, 0.4) is 0 Å². The molecule has 0 aromatic rings. The molecule has 2 nitrogen and oxygen atoms in total. The number of nitrogens with zero attached hydrogens (tertiary/aromatic N) is 2. The van der Waals surface area contributed by atoms with Crippen molar-refractivity contribution in [3.8, 4) is 0 Å². The minimum atomic E-state index is 0.816. The van der Waals surface area contributed by atoms with E-state index in [9.17, 15) is 0 Å². The van der Waals surface area contributed by atoms with Gasteiger partial charge in [-0.15, -0.1) is 0 Å². The van der Waals surface area contributed by atoms with Gasteiger partial charge in [0.2, 0.25) is 0 Å². The van der Waals surface area contributed by atoms with E-state index in [2.05, 4.69) is 22.4 Å². The minimum Gasteiger partial charge on any atom is -0.184 e. The SMILES string of the molecule is C1=C2CN=NC2=CC2CC12.CC. The van der Waals surface area contributed by atoms with E-state index in [1.165, 1.54) is 12.0 Å². The summed E-state index contributed by atoms with van der Waals surface area (Å²) in [6, 6.07) is 0. The molecule has 3 rings (SSSR count). The molecule has 1 heterocycles. The first kappa shape index (κ1) is 7.71. The highest BCUT2D eigenvalue weighted by Crippen LogP contribution is 2.47. The van der Waals surface area contributed by atoms with Gasteiger partial charge in [-0.25, -0.2) is 0 Å². The van der Waals surface area contributed by atoms with Gasteiger partial charge in [-0.1, -0.05) is 26.0 Å². The lowest BCUT2D eigenvalue weighted by atomic mass is 10.1. The van der Waals surface area contributed by atoms with Crippen LogP contribution in [0.5, 0.6) is 0 Å². The van der Waals surface area contributed by atoms with Crippen LogP contribution in [0, 0.1) is 11.8 Å².